The normalized spacial score (nSPS) is 11.9. The molecule has 3 N–H and O–H groups in total. The van der Waals surface area contributed by atoms with Crippen LogP contribution in [0.15, 0.2) is 0 Å². The predicted molar refractivity (Wildman–Crippen MR) is 107 cm³/mol. The molecule has 1 atom stereocenters. The van der Waals surface area contributed by atoms with Crippen LogP contribution in [-0.4, -0.2) is 23.6 Å². The van der Waals surface area contributed by atoms with Gasteiger partial charge >= 0.3 is 0 Å². The lowest BCUT2D eigenvalue weighted by atomic mass is 10.0. The van der Waals surface area contributed by atoms with Crippen LogP contribution in [0.4, 0.5) is 0 Å². The Labute approximate surface area is 159 Å². The molecule has 0 saturated heterocycles. The van der Waals surface area contributed by atoms with Crippen molar-refractivity contribution in [3.8, 4) is 0 Å². The first-order valence-electron chi connectivity index (χ1n) is 10.6. The molecule has 0 aliphatic carbocycles. The molecule has 0 bridgehead atoms. The van der Waals surface area contributed by atoms with E-state index in [0.717, 1.165) is 19.3 Å². The smallest absolute Gasteiger partial charge is 0.220 e. The minimum absolute atomic E-state index is 0.125. The van der Waals surface area contributed by atoms with E-state index in [4.69, 9.17) is 5.73 Å². The van der Waals surface area contributed by atoms with Crippen LogP contribution < -0.4 is 11.1 Å². The van der Waals surface area contributed by atoms with Gasteiger partial charge in [0.15, 0.2) is 5.78 Å². The average molecular weight is 369 g/mol. The number of carbonyl (C=O) groups is 3. The second-order valence-electron chi connectivity index (χ2n) is 7.39. The highest BCUT2D eigenvalue weighted by atomic mass is 16.2. The molecule has 0 aliphatic rings. The Morgan fingerprint density at radius 2 is 1.19 bits per heavy atom. The first-order chi connectivity index (χ1) is 12.5. The summed E-state index contributed by atoms with van der Waals surface area (Å²) in [4.78, 5) is 34.1. The maximum Gasteiger partial charge on any atom is 0.220 e. The standard InChI is InChI=1S/C21H40N2O3/c1-3-4-5-6-7-8-9-10-11-12-13-14-15-16-21(26)23-19(18(2)24)17-20(22)25/h19H,3-17H2,1-2H3,(H2,22,25)(H,23,26)/t19-/m0/s1. The largest absolute Gasteiger partial charge is 0.370 e. The monoisotopic (exact) mass is 368 g/mol. The van der Waals surface area contributed by atoms with E-state index < -0.39 is 11.9 Å². The molecule has 0 heterocycles. The van der Waals surface area contributed by atoms with E-state index in [1.54, 1.807) is 0 Å². The third kappa shape index (κ3) is 16.1. The number of hydrogen-bond donors (Lipinski definition) is 2. The highest BCUT2D eigenvalue weighted by Gasteiger charge is 2.18. The molecular weight excluding hydrogens is 328 g/mol. The van der Waals surface area contributed by atoms with Crippen molar-refractivity contribution in [3.05, 3.63) is 0 Å². The number of nitrogens with one attached hydrogen (secondary N) is 1. The molecule has 0 aromatic heterocycles. The summed E-state index contributed by atoms with van der Waals surface area (Å²) in [6.45, 7) is 3.61. The number of unbranched alkanes of at least 4 members (excludes halogenated alkanes) is 12. The van der Waals surface area contributed by atoms with Crippen LogP contribution in [0.5, 0.6) is 0 Å². The van der Waals surface area contributed by atoms with Crippen molar-refractivity contribution in [3.63, 3.8) is 0 Å². The van der Waals surface area contributed by atoms with E-state index in [1.165, 1.54) is 71.1 Å². The summed E-state index contributed by atoms with van der Waals surface area (Å²) in [7, 11) is 0. The van der Waals surface area contributed by atoms with Crippen molar-refractivity contribution < 1.29 is 14.4 Å². The van der Waals surface area contributed by atoms with Gasteiger partial charge in [0, 0.05) is 6.42 Å². The third-order valence-corrected chi connectivity index (χ3v) is 4.74. The summed E-state index contributed by atoms with van der Waals surface area (Å²) in [6, 6.07) is -0.776. The first kappa shape index (κ1) is 24.6. The van der Waals surface area contributed by atoms with Crippen LogP contribution in [0, 0.1) is 0 Å². The van der Waals surface area contributed by atoms with Crippen molar-refractivity contribution in [2.45, 2.75) is 116 Å². The van der Waals surface area contributed by atoms with E-state index in [9.17, 15) is 14.4 Å². The molecule has 0 spiro atoms. The fourth-order valence-corrected chi connectivity index (χ4v) is 3.07. The Morgan fingerprint density at radius 1 is 0.769 bits per heavy atom. The fraction of sp³-hybridized carbons (Fsp3) is 0.857. The number of ketones is 1. The van der Waals surface area contributed by atoms with E-state index in [1.807, 2.05) is 0 Å². The third-order valence-electron chi connectivity index (χ3n) is 4.74. The number of primary amides is 1. The zero-order valence-corrected chi connectivity index (χ0v) is 17.0. The quantitative estimate of drug-likeness (QED) is 0.351. The van der Waals surface area contributed by atoms with Crippen molar-refractivity contribution in [2.75, 3.05) is 0 Å². The van der Waals surface area contributed by atoms with E-state index >= 15 is 0 Å². The molecule has 0 aliphatic heterocycles. The summed E-state index contributed by atoms with van der Waals surface area (Å²) in [5.41, 5.74) is 5.09. The van der Waals surface area contributed by atoms with Gasteiger partial charge in [-0.25, -0.2) is 0 Å². The van der Waals surface area contributed by atoms with Crippen molar-refractivity contribution >= 4 is 17.6 Å². The van der Waals surface area contributed by atoms with Crippen molar-refractivity contribution in [1.29, 1.82) is 0 Å². The van der Waals surface area contributed by atoms with Gasteiger partial charge in [0.1, 0.15) is 0 Å². The van der Waals surface area contributed by atoms with Gasteiger partial charge in [-0.1, -0.05) is 84.0 Å². The number of carbonyl (C=O) groups excluding carboxylic acids is 3. The summed E-state index contributed by atoms with van der Waals surface area (Å²) in [5, 5.41) is 2.60. The van der Waals surface area contributed by atoms with Crippen LogP contribution in [0.25, 0.3) is 0 Å². The number of hydrogen-bond acceptors (Lipinski definition) is 3. The summed E-state index contributed by atoms with van der Waals surface area (Å²) >= 11 is 0. The Morgan fingerprint density at radius 3 is 1.58 bits per heavy atom. The van der Waals surface area contributed by atoms with Crippen LogP contribution in [0.3, 0.4) is 0 Å². The molecule has 0 rings (SSSR count). The lowest BCUT2D eigenvalue weighted by Crippen LogP contribution is -2.42. The highest BCUT2D eigenvalue weighted by molar-refractivity contribution is 5.91. The zero-order chi connectivity index (χ0) is 19.6. The topological polar surface area (TPSA) is 89.3 Å². The maximum absolute atomic E-state index is 11.8. The summed E-state index contributed by atoms with van der Waals surface area (Å²) in [5.74, 6) is -0.983. The highest BCUT2D eigenvalue weighted by Crippen LogP contribution is 2.13. The number of Topliss-reactive ketones (excluding diaryl/α,β-unsaturated/α-hetero) is 1. The van der Waals surface area contributed by atoms with Crippen molar-refractivity contribution in [2.24, 2.45) is 5.73 Å². The molecular formula is C21H40N2O3. The van der Waals surface area contributed by atoms with Gasteiger partial charge in [0.2, 0.25) is 11.8 Å². The SMILES string of the molecule is CCCCCCCCCCCCCCCC(=O)N[C@@H](CC(N)=O)C(C)=O. The molecule has 152 valence electrons. The Bertz CT molecular complexity index is 397. The van der Waals surface area contributed by atoms with Gasteiger partial charge in [-0.15, -0.1) is 0 Å². The van der Waals surface area contributed by atoms with Crippen LogP contribution in [-0.2, 0) is 14.4 Å². The summed E-state index contributed by atoms with van der Waals surface area (Å²) < 4.78 is 0. The second-order valence-corrected chi connectivity index (χ2v) is 7.39. The minimum atomic E-state index is -0.776. The summed E-state index contributed by atoms with van der Waals surface area (Å²) in [6.07, 6.45) is 16.7. The number of nitrogens with two attached hydrogens (primary N) is 1. The Balaban J connectivity index is 3.47. The van der Waals surface area contributed by atoms with Crippen molar-refractivity contribution in [1.82, 2.24) is 5.32 Å². The lowest BCUT2D eigenvalue weighted by molar-refractivity contribution is -0.129. The maximum atomic E-state index is 11.8. The van der Waals surface area contributed by atoms with Crippen LogP contribution >= 0.6 is 0 Å². The second kappa shape index (κ2) is 17.0. The zero-order valence-electron chi connectivity index (χ0n) is 17.0. The van der Waals surface area contributed by atoms with Gasteiger partial charge in [-0.05, 0) is 13.3 Å². The number of rotatable bonds is 18. The first-order valence-corrected chi connectivity index (χ1v) is 10.6. The molecule has 26 heavy (non-hydrogen) atoms. The predicted octanol–water partition coefficient (Wildman–Crippen LogP) is 4.42. The lowest BCUT2D eigenvalue weighted by Gasteiger charge is -2.14. The molecule has 2 amide bonds. The molecule has 0 aromatic rings. The Hall–Kier alpha value is -1.39. The minimum Gasteiger partial charge on any atom is -0.370 e. The van der Waals surface area contributed by atoms with Gasteiger partial charge in [-0.2, -0.15) is 0 Å². The molecule has 0 fully saturated rings. The molecule has 5 nitrogen and oxygen atoms in total. The van der Waals surface area contributed by atoms with Gasteiger partial charge in [0.25, 0.3) is 0 Å². The average Bonchev–Trinajstić information content (AvgIpc) is 2.58. The van der Waals surface area contributed by atoms with E-state index in [0.29, 0.717) is 6.42 Å². The van der Waals surface area contributed by atoms with Crippen LogP contribution in [0.1, 0.15) is 110 Å². The Kier molecular flexibility index (Phi) is 16.1. The van der Waals surface area contributed by atoms with Gasteiger partial charge in [0.05, 0.1) is 12.5 Å². The van der Waals surface area contributed by atoms with Gasteiger partial charge < -0.3 is 11.1 Å². The molecule has 0 aromatic carbocycles. The fourth-order valence-electron chi connectivity index (χ4n) is 3.07. The molecule has 0 radical (unpaired) electrons. The number of amides is 2. The van der Waals surface area contributed by atoms with Crippen LogP contribution in [0.2, 0.25) is 0 Å². The molecule has 5 heteroatoms. The molecule has 0 unspecified atom stereocenters. The van der Waals surface area contributed by atoms with E-state index in [-0.39, 0.29) is 18.1 Å². The van der Waals surface area contributed by atoms with E-state index in [2.05, 4.69) is 12.2 Å². The van der Waals surface area contributed by atoms with Gasteiger partial charge in [-0.3, -0.25) is 14.4 Å². The molecule has 0 saturated carbocycles.